The van der Waals surface area contributed by atoms with E-state index in [4.69, 9.17) is 4.74 Å². The van der Waals surface area contributed by atoms with Crippen LogP contribution in [0.4, 0.5) is 18.9 Å². The van der Waals surface area contributed by atoms with Gasteiger partial charge in [-0.3, -0.25) is 9.78 Å². The third kappa shape index (κ3) is 4.95. The zero-order chi connectivity index (χ0) is 17.0. The summed E-state index contributed by atoms with van der Waals surface area (Å²) in [5.74, 6) is -0.0727. The molecular weight excluding hydrogens is 377 g/mol. The number of carbonyl (C=O) groups is 1. The molecule has 1 aromatic carbocycles. The van der Waals surface area contributed by atoms with Gasteiger partial charge in [0.1, 0.15) is 11.4 Å². The molecule has 0 fully saturated rings. The van der Waals surface area contributed by atoms with Crippen LogP contribution in [0.2, 0.25) is 0 Å². The molecule has 122 valence electrons. The van der Waals surface area contributed by atoms with Crippen molar-refractivity contribution >= 4 is 27.5 Å². The number of rotatable bonds is 4. The molecule has 2 aromatic rings. The average Bonchev–Trinajstić information content (AvgIpc) is 2.48. The molecule has 0 radical (unpaired) electrons. The van der Waals surface area contributed by atoms with Crippen LogP contribution in [0.1, 0.15) is 11.3 Å². The largest absolute Gasteiger partial charge is 0.484 e. The molecule has 0 bridgehead atoms. The summed E-state index contributed by atoms with van der Waals surface area (Å²) in [6.07, 6.45) is -3.58. The van der Waals surface area contributed by atoms with E-state index < -0.39 is 17.8 Å². The molecule has 23 heavy (non-hydrogen) atoms. The lowest BCUT2D eigenvalue weighted by Crippen LogP contribution is -2.20. The molecule has 1 N–H and O–H groups in total. The first-order chi connectivity index (χ1) is 10.8. The summed E-state index contributed by atoms with van der Waals surface area (Å²) < 4.78 is 43.8. The van der Waals surface area contributed by atoms with Crippen LogP contribution in [-0.4, -0.2) is 17.5 Å². The van der Waals surface area contributed by atoms with Gasteiger partial charge in [-0.05, 0) is 42.8 Å². The second-order valence-electron chi connectivity index (χ2n) is 4.68. The molecule has 1 heterocycles. The van der Waals surface area contributed by atoms with E-state index in [1.807, 2.05) is 6.92 Å². The van der Waals surface area contributed by atoms with Crippen molar-refractivity contribution in [3.63, 3.8) is 0 Å². The van der Waals surface area contributed by atoms with Gasteiger partial charge in [-0.2, -0.15) is 13.2 Å². The second kappa shape index (κ2) is 6.99. The molecule has 0 unspecified atom stereocenters. The smallest absolute Gasteiger partial charge is 0.433 e. The Morgan fingerprint density at radius 2 is 2.04 bits per heavy atom. The second-order valence-corrected chi connectivity index (χ2v) is 5.53. The zero-order valence-electron chi connectivity index (χ0n) is 11.9. The quantitative estimate of drug-likeness (QED) is 0.854. The van der Waals surface area contributed by atoms with E-state index >= 15 is 0 Å². The number of nitrogens with one attached hydrogen (secondary N) is 1. The number of hydrogen-bond acceptors (Lipinski definition) is 3. The zero-order valence-corrected chi connectivity index (χ0v) is 13.5. The van der Waals surface area contributed by atoms with Crippen LogP contribution in [0.15, 0.2) is 41.0 Å². The van der Waals surface area contributed by atoms with Gasteiger partial charge in [0.15, 0.2) is 6.61 Å². The molecule has 2 rings (SSSR count). The first kappa shape index (κ1) is 17.3. The van der Waals surface area contributed by atoms with Crippen LogP contribution in [0.5, 0.6) is 5.75 Å². The maximum atomic E-state index is 12.5. The number of hydrogen-bond donors (Lipinski definition) is 1. The highest BCUT2D eigenvalue weighted by atomic mass is 79.9. The van der Waals surface area contributed by atoms with Gasteiger partial charge in [0, 0.05) is 16.4 Å². The first-order valence-corrected chi connectivity index (χ1v) is 7.27. The fraction of sp³-hybridized carbons (Fsp3) is 0.200. The molecule has 0 aliphatic heterocycles. The van der Waals surface area contributed by atoms with Crippen molar-refractivity contribution in [2.75, 3.05) is 11.9 Å². The Hall–Kier alpha value is -2.09. The number of amides is 1. The third-order valence-electron chi connectivity index (χ3n) is 2.83. The number of alkyl halides is 3. The Balaban J connectivity index is 1.96. The van der Waals surface area contributed by atoms with Gasteiger partial charge in [0.2, 0.25) is 0 Å². The van der Waals surface area contributed by atoms with E-state index in [-0.39, 0.29) is 12.3 Å². The van der Waals surface area contributed by atoms with Crippen LogP contribution >= 0.6 is 15.9 Å². The van der Waals surface area contributed by atoms with Gasteiger partial charge in [-0.15, -0.1) is 0 Å². The topological polar surface area (TPSA) is 51.2 Å². The standard InChI is InChI=1S/C15H12BrF3N2O2/c1-9-6-11(2-3-12(9)16)23-8-14(22)21-10-4-5-20-13(7-10)15(17,18)19/h2-7H,8H2,1H3,(H,20,21,22). The van der Waals surface area contributed by atoms with Crippen molar-refractivity contribution in [3.05, 3.63) is 52.3 Å². The average molecular weight is 389 g/mol. The van der Waals surface area contributed by atoms with Gasteiger partial charge >= 0.3 is 6.18 Å². The Morgan fingerprint density at radius 3 is 2.70 bits per heavy atom. The molecule has 1 amide bonds. The number of halogens is 4. The molecular formula is C15H12BrF3N2O2. The Labute approximate surface area is 138 Å². The Morgan fingerprint density at radius 1 is 1.30 bits per heavy atom. The maximum absolute atomic E-state index is 12.5. The maximum Gasteiger partial charge on any atom is 0.433 e. The first-order valence-electron chi connectivity index (χ1n) is 6.48. The summed E-state index contributed by atoms with van der Waals surface area (Å²) in [5, 5.41) is 2.34. The van der Waals surface area contributed by atoms with Crippen LogP contribution < -0.4 is 10.1 Å². The summed E-state index contributed by atoms with van der Waals surface area (Å²) >= 11 is 3.34. The van der Waals surface area contributed by atoms with Gasteiger partial charge < -0.3 is 10.1 Å². The number of pyridine rings is 1. The molecule has 8 heteroatoms. The highest BCUT2D eigenvalue weighted by molar-refractivity contribution is 9.10. The lowest BCUT2D eigenvalue weighted by molar-refractivity contribution is -0.141. The molecule has 4 nitrogen and oxygen atoms in total. The summed E-state index contributed by atoms with van der Waals surface area (Å²) in [5.41, 5.74) is -0.125. The van der Waals surface area contributed by atoms with Crippen molar-refractivity contribution in [2.45, 2.75) is 13.1 Å². The van der Waals surface area contributed by atoms with Crippen LogP contribution in [0.25, 0.3) is 0 Å². The highest BCUT2D eigenvalue weighted by Crippen LogP contribution is 2.28. The monoisotopic (exact) mass is 388 g/mol. The highest BCUT2D eigenvalue weighted by Gasteiger charge is 2.32. The van der Waals surface area contributed by atoms with E-state index in [9.17, 15) is 18.0 Å². The molecule has 0 aliphatic rings. The van der Waals surface area contributed by atoms with Crippen LogP contribution in [-0.2, 0) is 11.0 Å². The SMILES string of the molecule is Cc1cc(OCC(=O)Nc2ccnc(C(F)(F)F)c2)ccc1Br. The summed E-state index contributed by atoms with van der Waals surface area (Å²) in [6.45, 7) is 1.55. The molecule has 0 aliphatic carbocycles. The number of aryl methyl sites for hydroxylation is 1. The van der Waals surface area contributed by atoms with E-state index in [0.29, 0.717) is 5.75 Å². The summed E-state index contributed by atoms with van der Waals surface area (Å²) in [4.78, 5) is 15.0. The number of carbonyl (C=O) groups excluding carboxylic acids is 1. The van der Waals surface area contributed by atoms with Gasteiger partial charge in [-0.25, -0.2) is 0 Å². The number of aromatic nitrogens is 1. The van der Waals surface area contributed by atoms with Gasteiger partial charge in [-0.1, -0.05) is 15.9 Å². The summed E-state index contributed by atoms with van der Waals surface area (Å²) in [7, 11) is 0. The van der Waals surface area contributed by atoms with E-state index in [0.717, 1.165) is 22.3 Å². The molecule has 1 aromatic heterocycles. The van der Waals surface area contributed by atoms with Crippen molar-refractivity contribution < 1.29 is 22.7 Å². The lowest BCUT2D eigenvalue weighted by Gasteiger charge is -2.10. The van der Waals surface area contributed by atoms with Crippen LogP contribution in [0.3, 0.4) is 0 Å². The Bertz CT molecular complexity index is 720. The predicted molar refractivity (Wildman–Crippen MR) is 82.2 cm³/mol. The number of benzene rings is 1. The summed E-state index contributed by atoms with van der Waals surface area (Å²) in [6, 6.07) is 7.24. The predicted octanol–water partition coefficient (Wildman–Crippen LogP) is 4.19. The fourth-order valence-electron chi connectivity index (χ4n) is 1.72. The van der Waals surface area contributed by atoms with Crippen molar-refractivity contribution in [1.29, 1.82) is 0 Å². The van der Waals surface area contributed by atoms with Crippen molar-refractivity contribution in [1.82, 2.24) is 4.98 Å². The molecule has 0 atom stereocenters. The minimum atomic E-state index is -4.56. The minimum Gasteiger partial charge on any atom is -0.484 e. The third-order valence-corrected chi connectivity index (χ3v) is 3.72. The van der Waals surface area contributed by atoms with E-state index in [1.54, 1.807) is 18.2 Å². The lowest BCUT2D eigenvalue weighted by atomic mass is 10.2. The Kier molecular flexibility index (Phi) is 5.25. The van der Waals surface area contributed by atoms with Crippen molar-refractivity contribution in [2.24, 2.45) is 0 Å². The van der Waals surface area contributed by atoms with E-state index in [2.05, 4.69) is 26.2 Å². The molecule has 0 saturated heterocycles. The van der Waals surface area contributed by atoms with Gasteiger partial charge in [0.25, 0.3) is 5.91 Å². The molecule has 0 saturated carbocycles. The van der Waals surface area contributed by atoms with E-state index in [1.165, 1.54) is 6.07 Å². The molecule has 0 spiro atoms. The van der Waals surface area contributed by atoms with Crippen molar-refractivity contribution in [3.8, 4) is 5.75 Å². The number of ether oxygens (including phenoxy) is 1. The van der Waals surface area contributed by atoms with Gasteiger partial charge in [0.05, 0.1) is 0 Å². The minimum absolute atomic E-state index is 0.00733. The normalized spacial score (nSPS) is 11.2. The number of anilines is 1. The fourth-order valence-corrected chi connectivity index (χ4v) is 1.96. The number of nitrogens with zero attached hydrogens (tertiary/aromatic N) is 1. The van der Waals surface area contributed by atoms with Crippen LogP contribution in [0, 0.1) is 6.92 Å².